The molecule has 16 heavy (non-hydrogen) atoms. The quantitative estimate of drug-likeness (QED) is 0.753. The molecule has 0 radical (unpaired) electrons. The molecule has 90 valence electrons. The summed E-state index contributed by atoms with van der Waals surface area (Å²) in [5, 5.41) is 10.9. The number of nitrogen functional groups attached to an aromatic ring is 1. The summed E-state index contributed by atoms with van der Waals surface area (Å²) in [4.78, 5) is 7.10. The van der Waals surface area contributed by atoms with E-state index in [9.17, 15) is 13.2 Å². The molecule has 0 amide bonds. The maximum absolute atomic E-state index is 12.0. The molecule has 5 nitrogen and oxygen atoms in total. The second-order valence-electron chi connectivity index (χ2n) is 2.86. The van der Waals surface area contributed by atoms with Crippen LogP contribution in [0.3, 0.4) is 0 Å². The van der Waals surface area contributed by atoms with Crippen LogP contribution in [-0.2, 0) is 0 Å². The molecular formula is C7H8ClF3N4O. The van der Waals surface area contributed by atoms with E-state index in [0.717, 1.165) is 6.20 Å². The first-order valence-corrected chi connectivity index (χ1v) is 4.45. The molecule has 0 aliphatic carbocycles. The molecule has 1 rings (SSSR count). The van der Waals surface area contributed by atoms with Crippen molar-refractivity contribution in [3.63, 3.8) is 0 Å². The van der Waals surface area contributed by atoms with Gasteiger partial charge < -0.3 is 16.2 Å². The number of hydrogen-bond donors (Lipinski definition) is 3. The van der Waals surface area contributed by atoms with E-state index >= 15 is 0 Å². The van der Waals surface area contributed by atoms with Gasteiger partial charge in [-0.1, -0.05) is 11.6 Å². The molecule has 1 aromatic rings. The van der Waals surface area contributed by atoms with Crippen molar-refractivity contribution in [3.8, 4) is 0 Å². The van der Waals surface area contributed by atoms with Crippen LogP contribution in [0.25, 0.3) is 0 Å². The van der Waals surface area contributed by atoms with Crippen LogP contribution >= 0.6 is 11.6 Å². The van der Waals surface area contributed by atoms with Gasteiger partial charge in [-0.3, -0.25) is 0 Å². The Morgan fingerprint density at radius 3 is 2.75 bits per heavy atom. The molecule has 1 heterocycles. The average Bonchev–Trinajstić information content (AvgIpc) is 2.17. The van der Waals surface area contributed by atoms with Crippen LogP contribution in [0.5, 0.6) is 0 Å². The predicted molar refractivity (Wildman–Crippen MR) is 52.0 cm³/mol. The highest BCUT2D eigenvalue weighted by molar-refractivity contribution is 6.32. The molecule has 4 N–H and O–H groups in total. The third-order valence-corrected chi connectivity index (χ3v) is 1.88. The van der Waals surface area contributed by atoms with Gasteiger partial charge in [-0.05, 0) is 0 Å². The van der Waals surface area contributed by atoms with Crippen molar-refractivity contribution in [1.29, 1.82) is 0 Å². The monoisotopic (exact) mass is 256 g/mol. The lowest BCUT2D eigenvalue weighted by atomic mass is 10.3. The standard InChI is InChI=1S/C7H8ClF3N4O/c8-3-1-14-6(12)15-5(3)13-2-4(16)7(9,10)11/h1,4,16H,2H2,(H3,12,13,14,15). The molecule has 1 atom stereocenters. The van der Waals surface area contributed by atoms with Crippen LogP contribution in [0.15, 0.2) is 6.20 Å². The van der Waals surface area contributed by atoms with Crippen LogP contribution in [-0.4, -0.2) is 33.9 Å². The lowest BCUT2D eigenvalue weighted by Gasteiger charge is -2.15. The second kappa shape index (κ2) is 4.71. The van der Waals surface area contributed by atoms with Crippen LogP contribution < -0.4 is 11.1 Å². The van der Waals surface area contributed by atoms with Gasteiger partial charge in [-0.15, -0.1) is 0 Å². The van der Waals surface area contributed by atoms with E-state index in [4.69, 9.17) is 22.4 Å². The number of aromatic nitrogens is 2. The van der Waals surface area contributed by atoms with Gasteiger partial charge in [0.05, 0.1) is 12.7 Å². The van der Waals surface area contributed by atoms with Crippen molar-refractivity contribution in [2.75, 3.05) is 17.6 Å². The Balaban J connectivity index is 2.64. The molecule has 0 saturated carbocycles. The van der Waals surface area contributed by atoms with E-state index in [-0.39, 0.29) is 16.8 Å². The summed E-state index contributed by atoms with van der Waals surface area (Å²) in [6.45, 7) is -0.764. The molecule has 0 spiro atoms. The average molecular weight is 257 g/mol. The molecule has 0 saturated heterocycles. The molecule has 0 aromatic carbocycles. The topological polar surface area (TPSA) is 84.1 Å². The van der Waals surface area contributed by atoms with Crippen molar-refractivity contribution in [3.05, 3.63) is 11.2 Å². The lowest BCUT2D eigenvalue weighted by Crippen LogP contribution is -2.35. The largest absolute Gasteiger partial charge is 0.416 e. The highest BCUT2D eigenvalue weighted by atomic mass is 35.5. The van der Waals surface area contributed by atoms with Crippen molar-refractivity contribution < 1.29 is 18.3 Å². The highest BCUT2D eigenvalue weighted by Gasteiger charge is 2.37. The first-order chi connectivity index (χ1) is 7.30. The maximum atomic E-state index is 12.0. The van der Waals surface area contributed by atoms with E-state index in [1.165, 1.54) is 0 Å². The number of halogens is 4. The molecule has 0 bridgehead atoms. The van der Waals surface area contributed by atoms with Crippen molar-refractivity contribution in [1.82, 2.24) is 9.97 Å². The Bertz CT molecular complexity index is 373. The zero-order valence-electron chi connectivity index (χ0n) is 7.79. The fraction of sp³-hybridized carbons (Fsp3) is 0.429. The van der Waals surface area contributed by atoms with E-state index in [1.807, 2.05) is 0 Å². The summed E-state index contributed by atoms with van der Waals surface area (Å²) in [7, 11) is 0. The third-order valence-electron chi connectivity index (χ3n) is 1.60. The zero-order valence-corrected chi connectivity index (χ0v) is 8.55. The number of hydrogen-bond acceptors (Lipinski definition) is 5. The van der Waals surface area contributed by atoms with Gasteiger partial charge in [0, 0.05) is 0 Å². The normalized spacial score (nSPS) is 13.6. The van der Waals surface area contributed by atoms with Gasteiger partial charge in [-0.2, -0.15) is 18.2 Å². The number of aliphatic hydroxyl groups is 1. The number of nitrogens with one attached hydrogen (secondary N) is 1. The first-order valence-electron chi connectivity index (χ1n) is 4.07. The van der Waals surface area contributed by atoms with Gasteiger partial charge >= 0.3 is 6.18 Å². The number of anilines is 2. The Labute approximate surface area is 93.4 Å². The van der Waals surface area contributed by atoms with E-state index in [1.54, 1.807) is 0 Å². The molecule has 0 aliphatic rings. The zero-order chi connectivity index (χ0) is 12.3. The van der Waals surface area contributed by atoms with Crippen LogP contribution in [0.2, 0.25) is 5.02 Å². The number of aliphatic hydroxyl groups excluding tert-OH is 1. The van der Waals surface area contributed by atoms with Crippen molar-refractivity contribution in [2.24, 2.45) is 0 Å². The number of nitrogens with zero attached hydrogens (tertiary/aromatic N) is 2. The molecule has 1 unspecified atom stereocenters. The summed E-state index contributed by atoms with van der Waals surface area (Å²) in [5.41, 5.74) is 5.21. The Morgan fingerprint density at radius 1 is 1.56 bits per heavy atom. The van der Waals surface area contributed by atoms with Gasteiger partial charge in [0.2, 0.25) is 5.95 Å². The first kappa shape index (κ1) is 12.8. The van der Waals surface area contributed by atoms with Gasteiger partial charge in [0.15, 0.2) is 11.9 Å². The van der Waals surface area contributed by atoms with Crippen LogP contribution in [0.1, 0.15) is 0 Å². The fourth-order valence-electron chi connectivity index (χ4n) is 0.814. The van der Waals surface area contributed by atoms with Crippen LogP contribution in [0.4, 0.5) is 24.9 Å². The number of rotatable bonds is 3. The summed E-state index contributed by atoms with van der Waals surface area (Å²) in [5.74, 6) is -0.189. The second-order valence-corrected chi connectivity index (χ2v) is 3.27. The molecule has 1 aromatic heterocycles. The van der Waals surface area contributed by atoms with E-state index in [0.29, 0.717) is 0 Å². The van der Waals surface area contributed by atoms with Gasteiger partial charge in [0.1, 0.15) is 5.02 Å². The molecule has 9 heteroatoms. The maximum Gasteiger partial charge on any atom is 0.416 e. The van der Waals surface area contributed by atoms with Crippen molar-refractivity contribution in [2.45, 2.75) is 12.3 Å². The van der Waals surface area contributed by atoms with Crippen LogP contribution in [0, 0.1) is 0 Å². The third kappa shape index (κ3) is 3.38. The Kier molecular flexibility index (Phi) is 3.76. The van der Waals surface area contributed by atoms with Gasteiger partial charge in [0.25, 0.3) is 0 Å². The number of alkyl halides is 3. The van der Waals surface area contributed by atoms with E-state index in [2.05, 4.69) is 15.3 Å². The summed E-state index contributed by atoms with van der Waals surface area (Å²) in [6, 6.07) is 0. The van der Waals surface area contributed by atoms with E-state index < -0.39 is 18.8 Å². The summed E-state index contributed by atoms with van der Waals surface area (Å²) < 4.78 is 35.9. The Hall–Kier alpha value is -1.28. The number of nitrogens with two attached hydrogens (primary N) is 1. The minimum absolute atomic E-state index is 0.0172. The molecule has 0 aliphatic heterocycles. The Morgan fingerprint density at radius 2 is 2.19 bits per heavy atom. The smallest absolute Gasteiger partial charge is 0.382 e. The predicted octanol–water partition coefficient (Wildman–Crippen LogP) is 1.05. The van der Waals surface area contributed by atoms with Gasteiger partial charge in [-0.25, -0.2) is 4.98 Å². The summed E-state index contributed by atoms with van der Waals surface area (Å²) >= 11 is 5.59. The minimum atomic E-state index is -4.70. The summed E-state index contributed by atoms with van der Waals surface area (Å²) in [6.07, 6.45) is -6.05. The minimum Gasteiger partial charge on any atom is -0.382 e. The van der Waals surface area contributed by atoms with Crippen molar-refractivity contribution >= 4 is 23.4 Å². The SMILES string of the molecule is Nc1ncc(Cl)c(NCC(O)C(F)(F)F)n1. The molecule has 0 fully saturated rings. The highest BCUT2D eigenvalue weighted by Crippen LogP contribution is 2.22. The molecular weight excluding hydrogens is 249 g/mol. The fourth-order valence-corrected chi connectivity index (χ4v) is 0.972. The lowest BCUT2D eigenvalue weighted by molar-refractivity contribution is -0.198.